The number of nitrogens with one attached hydrogen (secondary N) is 1. The van der Waals surface area contributed by atoms with Crippen molar-refractivity contribution in [1.82, 2.24) is 5.32 Å². The quantitative estimate of drug-likeness (QED) is 0.782. The molecule has 0 atom stereocenters. The van der Waals surface area contributed by atoms with Crippen LogP contribution in [0.2, 0.25) is 10.0 Å². The summed E-state index contributed by atoms with van der Waals surface area (Å²) < 4.78 is 24.0. The van der Waals surface area contributed by atoms with Crippen LogP contribution in [0.15, 0.2) is 17.0 Å². The van der Waals surface area contributed by atoms with Gasteiger partial charge in [0.05, 0.1) is 16.3 Å². The third kappa shape index (κ3) is 4.35. The van der Waals surface area contributed by atoms with E-state index in [2.05, 4.69) is 5.32 Å². The molecule has 0 amide bonds. The van der Waals surface area contributed by atoms with Gasteiger partial charge in [-0.05, 0) is 24.6 Å². The predicted molar refractivity (Wildman–Crippen MR) is 73.5 cm³/mol. The van der Waals surface area contributed by atoms with Crippen molar-refractivity contribution in [2.75, 3.05) is 12.4 Å². The van der Waals surface area contributed by atoms with E-state index in [1.165, 1.54) is 12.1 Å². The molecule has 0 saturated carbocycles. The highest BCUT2D eigenvalue weighted by atomic mass is 35.5. The molecule has 0 unspecified atom stereocenters. The van der Waals surface area contributed by atoms with Gasteiger partial charge in [-0.25, -0.2) is 8.42 Å². The number of hydrogen-bond donors (Lipinski definition) is 2. The molecule has 106 valence electrons. The highest BCUT2D eigenvalue weighted by molar-refractivity contribution is 7.91. The fourth-order valence-electron chi connectivity index (χ4n) is 1.36. The summed E-state index contributed by atoms with van der Waals surface area (Å²) in [7, 11) is -3.62. The predicted octanol–water partition coefficient (Wildman–Crippen LogP) is 2.10. The first-order valence-electron chi connectivity index (χ1n) is 5.35. The second-order valence-electron chi connectivity index (χ2n) is 3.89. The van der Waals surface area contributed by atoms with E-state index in [0.717, 1.165) is 0 Å². The number of carboxylic acids is 1. The monoisotopic (exact) mass is 325 g/mol. The summed E-state index contributed by atoms with van der Waals surface area (Å²) in [6.45, 7) is 1.69. The second-order valence-corrected chi connectivity index (χ2v) is 6.63. The maximum absolute atomic E-state index is 12.0. The zero-order valence-electron chi connectivity index (χ0n) is 10.1. The Labute approximate surface area is 121 Å². The molecule has 0 radical (unpaired) electrons. The number of rotatable bonds is 6. The fourth-order valence-corrected chi connectivity index (χ4v) is 3.35. The molecule has 0 aromatic heterocycles. The van der Waals surface area contributed by atoms with Crippen LogP contribution >= 0.6 is 23.2 Å². The van der Waals surface area contributed by atoms with E-state index in [1.54, 1.807) is 6.92 Å². The fraction of sp³-hybridized carbons (Fsp3) is 0.364. The highest BCUT2D eigenvalue weighted by Crippen LogP contribution is 2.30. The van der Waals surface area contributed by atoms with E-state index in [1.807, 2.05) is 0 Å². The third-order valence-corrected chi connectivity index (χ3v) is 5.03. The normalized spacial score (nSPS) is 11.5. The molecule has 8 heteroatoms. The second kappa shape index (κ2) is 6.56. The standard InChI is InChI=1S/C11H13Cl2NO4S/c1-7-8(12)2-3-9(11(7)13)19(17,18)6-14-5-4-10(15)16/h2-3,14H,4-6H2,1H3,(H,15,16). The number of sulfone groups is 1. The SMILES string of the molecule is Cc1c(Cl)ccc(S(=O)(=O)CNCCC(=O)O)c1Cl. The van der Waals surface area contributed by atoms with Crippen molar-refractivity contribution in [3.8, 4) is 0 Å². The van der Waals surface area contributed by atoms with E-state index in [-0.39, 0.29) is 28.8 Å². The van der Waals surface area contributed by atoms with Crippen LogP contribution in [0.3, 0.4) is 0 Å². The van der Waals surface area contributed by atoms with Gasteiger partial charge in [0.1, 0.15) is 5.88 Å². The molecule has 0 aliphatic rings. The van der Waals surface area contributed by atoms with E-state index in [9.17, 15) is 13.2 Å². The molecule has 0 aliphatic heterocycles. The maximum atomic E-state index is 12.0. The molecule has 1 rings (SSSR count). The van der Waals surface area contributed by atoms with Crippen molar-refractivity contribution in [2.24, 2.45) is 0 Å². The molecule has 19 heavy (non-hydrogen) atoms. The van der Waals surface area contributed by atoms with Crippen molar-refractivity contribution in [2.45, 2.75) is 18.2 Å². The number of aliphatic carboxylic acids is 1. The summed E-state index contributed by atoms with van der Waals surface area (Å²) in [6, 6.07) is 2.80. The molecule has 2 N–H and O–H groups in total. The molecular formula is C11H13Cl2NO4S. The van der Waals surface area contributed by atoms with Crippen LogP contribution in [0.1, 0.15) is 12.0 Å². The summed E-state index contributed by atoms with van der Waals surface area (Å²) >= 11 is 11.8. The summed E-state index contributed by atoms with van der Waals surface area (Å²) in [6.07, 6.45) is -0.150. The van der Waals surface area contributed by atoms with E-state index in [4.69, 9.17) is 28.3 Å². The lowest BCUT2D eigenvalue weighted by molar-refractivity contribution is -0.136. The Kier molecular flexibility index (Phi) is 5.61. The van der Waals surface area contributed by atoms with Gasteiger partial charge in [-0.15, -0.1) is 0 Å². The Morgan fingerprint density at radius 3 is 2.58 bits per heavy atom. The van der Waals surface area contributed by atoms with Gasteiger partial charge in [-0.3, -0.25) is 4.79 Å². The summed E-state index contributed by atoms with van der Waals surface area (Å²) in [5.41, 5.74) is 0.495. The minimum Gasteiger partial charge on any atom is -0.481 e. The van der Waals surface area contributed by atoms with Crippen molar-refractivity contribution in [3.05, 3.63) is 27.7 Å². The first-order chi connectivity index (χ1) is 8.75. The largest absolute Gasteiger partial charge is 0.481 e. The summed E-state index contributed by atoms with van der Waals surface area (Å²) in [5, 5.41) is 11.5. The summed E-state index contributed by atoms with van der Waals surface area (Å²) in [5.74, 6) is -1.37. The van der Waals surface area contributed by atoms with Crippen LogP contribution in [0, 0.1) is 6.92 Å². The third-order valence-electron chi connectivity index (χ3n) is 2.43. The van der Waals surface area contributed by atoms with Crippen molar-refractivity contribution < 1.29 is 18.3 Å². The van der Waals surface area contributed by atoms with Crippen LogP contribution < -0.4 is 5.32 Å². The highest BCUT2D eigenvalue weighted by Gasteiger charge is 2.20. The lowest BCUT2D eigenvalue weighted by atomic mass is 10.2. The number of carboxylic acid groups (broad SMARTS) is 1. The number of carbonyl (C=O) groups is 1. The topological polar surface area (TPSA) is 83.5 Å². The van der Waals surface area contributed by atoms with Crippen molar-refractivity contribution in [1.29, 1.82) is 0 Å². The Morgan fingerprint density at radius 1 is 1.37 bits per heavy atom. The van der Waals surface area contributed by atoms with Crippen LogP contribution in [0.5, 0.6) is 0 Å². The Balaban J connectivity index is 2.84. The molecule has 1 aromatic rings. The molecule has 0 fully saturated rings. The first kappa shape index (κ1) is 16.2. The van der Waals surface area contributed by atoms with Crippen LogP contribution in [-0.4, -0.2) is 31.9 Å². The number of benzene rings is 1. The van der Waals surface area contributed by atoms with E-state index in [0.29, 0.717) is 10.6 Å². The van der Waals surface area contributed by atoms with E-state index < -0.39 is 15.8 Å². The molecule has 0 spiro atoms. The lowest BCUT2D eigenvalue weighted by Crippen LogP contribution is -2.26. The zero-order chi connectivity index (χ0) is 14.6. The molecule has 0 saturated heterocycles. The van der Waals surface area contributed by atoms with E-state index >= 15 is 0 Å². The first-order valence-corrected chi connectivity index (χ1v) is 7.76. The molecule has 5 nitrogen and oxygen atoms in total. The lowest BCUT2D eigenvalue weighted by Gasteiger charge is -2.10. The van der Waals surface area contributed by atoms with Crippen LogP contribution in [-0.2, 0) is 14.6 Å². The smallest absolute Gasteiger partial charge is 0.304 e. The van der Waals surface area contributed by atoms with Gasteiger partial charge >= 0.3 is 5.97 Å². The van der Waals surface area contributed by atoms with Crippen LogP contribution in [0.4, 0.5) is 0 Å². The molecule has 0 heterocycles. The Morgan fingerprint density at radius 2 is 2.00 bits per heavy atom. The number of hydrogen-bond acceptors (Lipinski definition) is 4. The van der Waals surface area contributed by atoms with Gasteiger partial charge in [0.2, 0.25) is 0 Å². The van der Waals surface area contributed by atoms with Gasteiger partial charge in [0, 0.05) is 11.6 Å². The minimum absolute atomic E-state index is 0.0149. The van der Waals surface area contributed by atoms with Gasteiger partial charge in [0.15, 0.2) is 9.84 Å². The average molecular weight is 326 g/mol. The van der Waals surface area contributed by atoms with Gasteiger partial charge in [-0.1, -0.05) is 23.2 Å². The van der Waals surface area contributed by atoms with Crippen LogP contribution in [0.25, 0.3) is 0 Å². The molecular weight excluding hydrogens is 313 g/mol. The van der Waals surface area contributed by atoms with Gasteiger partial charge < -0.3 is 10.4 Å². The molecule has 0 bridgehead atoms. The van der Waals surface area contributed by atoms with Crippen molar-refractivity contribution >= 4 is 39.0 Å². The molecule has 1 aromatic carbocycles. The van der Waals surface area contributed by atoms with Gasteiger partial charge in [-0.2, -0.15) is 0 Å². The summed E-state index contributed by atoms with van der Waals surface area (Å²) in [4.78, 5) is 10.3. The molecule has 0 aliphatic carbocycles. The average Bonchev–Trinajstić information content (AvgIpc) is 2.31. The minimum atomic E-state index is -3.62. The zero-order valence-corrected chi connectivity index (χ0v) is 12.4. The Bertz CT molecular complexity index is 587. The number of halogens is 2. The Hall–Kier alpha value is -0.820. The van der Waals surface area contributed by atoms with Gasteiger partial charge in [0.25, 0.3) is 0 Å². The van der Waals surface area contributed by atoms with Crippen molar-refractivity contribution in [3.63, 3.8) is 0 Å². The maximum Gasteiger partial charge on any atom is 0.304 e.